The number of nitrogens with one attached hydrogen (secondary N) is 1. The van der Waals surface area contributed by atoms with Crippen LogP contribution in [0.3, 0.4) is 0 Å². The Kier molecular flexibility index (Phi) is 12.5. The van der Waals surface area contributed by atoms with E-state index < -0.39 is 35.8 Å². The van der Waals surface area contributed by atoms with Crippen LogP contribution in [-0.2, 0) is 30.5 Å². The molecule has 1 aromatic heterocycles. The number of amides is 3. The Bertz CT molecular complexity index is 1510. The highest BCUT2D eigenvalue weighted by Crippen LogP contribution is 2.41. The van der Waals surface area contributed by atoms with Gasteiger partial charge in [-0.25, -0.2) is 4.79 Å². The van der Waals surface area contributed by atoms with Crippen molar-refractivity contribution in [2.45, 2.75) is 34.2 Å². The molecule has 0 spiro atoms. The number of hydrogen-bond acceptors (Lipinski definition) is 9. The number of carboxylic acid groups (broad SMARTS) is 2. The molecule has 2 aliphatic heterocycles. The predicted octanol–water partition coefficient (Wildman–Crippen LogP) is 2.17. The zero-order chi connectivity index (χ0) is 32.7. The van der Waals surface area contributed by atoms with Crippen LogP contribution in [0.5, 0.6) is 0 Å². The van der Waals surface area contributed by atoms with Gasteiger partial charge in [-0.1, -0.05) is 23.2 Å². The summed E-state index contributed by atoms with van der Waals surface area (Å²) in [5.41, 5.74) is 6.00. The number of nitrogens with two attached hydrogens (primary N) is 1. The summed E-state index contributed by atoms with van der Waals surface area (Å²) < 4.78 is 1.63. The number of β-lactam (4-membered cyclic amide) rings is 1. The molecule has 12 nitrogen and oxygen atoms in total. The first kappa shape index (κ1) is 34.9. The molecule has 2 aliphatic rings. The van der Waals surface area contributed by atoms with Crippen LogP contribution in [0.2, 0.25) is 10.0 Å². The lowest BCUT2D eigenvalue weighted by atomic mass is 10.0. The minimum atomic E-state index is -1.22. The van der Waals surface area contributed by atoms with Gasteiger partial charge in [0.05, 0.1) is 10.8 Å². The second kappa shape index (κ2) is 16.1. The molecule has 3 heterocycles. The van der Waals surface area contributed by atoms with Crippen LogP contribution >= 0.6 is 58.5 Å². The molecule has 0 bridgehead atoms. The van der Waals surface area contributed by atoms with Crippen molar-refractivity contribution in [3.8, 4) is 0 Å². The Morgan fingerprint density at radius 2 is 1.87 bits per heavy atom. The molecule has 2 atom stereocenters. The monoisotopic (exact) mass is 714 g/mol. The van der Waals surface area contributed by atoms with Crippen molar-refractivity contribution < 1.29 is 38.8 Å². The Morgan fingerprint density at radius 3 is 2.53 bits per heavy atom. The third-order valence-corrected chi connectivity index (χ3v) is 10.9. The Morgan fingerprint density at radius 1 is 1.13 bits per heavy atom. The van der Waals surface area contributed by atoms with Crippen LogP contribution in [0, 0.1) is 0 Å². The van der Waals surface area contributed by atoms with Gasteiger partial charge in [-0.05, 0) is 36.7 Å². The SMILES string of the molecule is NCCCN(CC(=O)O)C(=O)C[n+]1ccc(SCC2=C(C(=O)O)N3C(=O)[C@H](NC(=O)CSc4cc(Cl)ccc4Cl)[C@H]3SC2)cc1. The van der Waals surface area contributed by atoms with Gasteiger partial charge in [-0.15, -0.1) is 35.3 Å². The topological polar surface area (TPSA) is 174 Å². The number of carbonyl (C=O) groups excluding carboxylic acids is 3. The third-order valence-electron chi connectivity index (χ3n) is 6.72. The molecule has 240 valence electrons. The van der Waals surface area contributed by atoms with Gasteiger partial charge in [0.25, 0.3) is 11.8 Å². The minimum Gasteiger partial charge on any atom is -0.480 e. The number of halogens is 2. The summed E-state index contributed by atoms with van der Waals surface area (Å²) in [6.07, 6.45) is 3.86. The molecule has 3 amide bonds. The van der Waals surface area contributed by atoms with Crippen LogP contribution in [0.25, 0.3) is 0 Å². The quantitative estimate of drug-likeness (QED) is 0.121. The number of rotatable bonds is 15. The first-order valence-corrected chi connectivity index (χ1v) is 17.3. The van der Waals surface area contributed by atoms with Crippen molar-refractivity contribution in [3.05, 3.63) is 64.0 Å². The highest BCUT2D eigenvalue weighted by atomic mass is 35.5. The van der Waals surface area contributed by atoms with Gasteiger partial charge in [0, 0.05) is 45.0 Å². The van der Waals surface area contributed by atoms with Crippen molar-refractivity contribution in [3.63, 3.8) is 0 Å². The number of nitrogens with zero attached hydrogens (tertiary/aromatic N) is 3. The van der Waals surface area contributed by atoms with Gasteiger partial charge in [0.15, 0.2) is 12.4 Å². The lowest BCUT2D eigenvalue weighted by molar-refractivity contribution is -0.685. The third kappa shape index (κ3) is 9.08. The van der Waals surface area contributed by atoms with Crippen LogP contribution in [0.4, 0.5) is 0 Å². The largest absolute Gasteiger partial charge is 0.480 e. The number of benzene rings is 1. The summed E-state index contributed by atoms with van der Waals surface area (Å²) in [7, 11) is 0. The van der Waals surface area contributed by atoms with Crippen LogP contribution in [0.1, 0.15) is 6.42 Å². The number of thioether (sulfide) groups is 3. The van der Waals surface area contributed by atoms with E-state index in [0.29, 0.717) is 45.0 Å². The minimum absolute atomic E-state index is 0.00482. The highest BCUT2D eigenvalue weighted by Gasteiger charge is 2.54. The van der Waals surface area contributed by atoms with Crippen LogP contribution in [-0.4, -0.2) is 98.0 Å². The summed E-state index contributed by atoms with van der Waals surface area (Å²) in [5.74, 6) is -2.85. The molecule has 1 saturated heterocycles. The average molecular weight is 716 g/mol. The van der Waals surface area contributed by atoms with E-state index in [1.54, 1.807) is 47.3 Å². The van der Waals surface area contributed by atoms with Crippen LogP contribution in [0.15, 0.2) is 63.8 Å². The van der Waals surface area contributed by atoms with Gasteiger partial charge >= 0.3 is 11.9 Å². The Labute approximate surface area is 281 Å². The molecule has 1 aromatic carbocycles. The van der Waals surface area contributed by atoms with Crippen molar-refractivity contribution in [1.29, 1.82) is 0 Å². The second-order valence-corrected chi connectivity index (χ2v) is 13.9. The van der Waals surface area contributed by atoms with Crippen LogP contribution < -0.4 is 15.6 Å². The summed E-state index contributed by atoms with van der Waals surface area (Å²) >= 11 is 16.1. The van der Waals surface area contributed by atoms with Crippen molar-refractivity contribution >= 4 is 88.1 Å². The number of carboxylic acids is 2. The van der Waals surface area contributed by atoms with Crippen molar-refractivity contribution in [2.24, 2.45) is 5.73 Å². The number of fused-ring (bicyclic) bond motifs is 1. The molecule has 1 fully saturated rings. The zero-order valence-electron chi connectivity index (χ0n) is 23.7. The lowest BCUT2D eigenvalue weighted by Gasteiger charge is -2.49. The van der Waals surface area contributed by atoms with E-state index in [9.17, 15) is 29.1 Å². The highest BCUT2D eigenvalue weighted by molar-refractivity contribution is 8.01. The van der Waals surface area contributed by atoms with E-state index in [-0.39, 0.29) is 36.4 Å². The molecule has 17 heteroatoms. The number of carbonyl (C=O) groups is 5. The average Bonchev–Trinajstić information content (AvgIpc) is 3.01. The van der Waals surface area contributed by atoms with E-state index in [2.05, 4.69) is 5.32 Å². The fraction of sp³-hybridized carbons (Fsp3) is 0.357. The zero-order valence-corrected chi connectivity index (χ0v) is 27.6. The molecule has 2 aromatic rings. The van der Waals surface area contributed by atoms with Gasteiger partial charge in [-0.2, -0.15) is 4.57 Å². The van der Waals surface area contributed by atoms with Gasteiger partial charge in [0.1, 0.15) is 23.7 Å². The molecule has 45 heavy (non-hydrogen) atoms. The predicted molar refractivity (Wildman–Crippen MR) is 172 cm³/mol. The summed E-state index contributed by atoms with van der Waals surface area (Å²) in [6.45, 7) is 0.141. The smallest absolute Gasteiger partial charge is 0.352 e. The normalized spacial score (nSPS) is 17.4. The molecular weight excluding hydrogens is 685 g/mol. The lowest BCUT2D eigenvalue weighted by Crippen LogP contribution is -2.70. The van der Waals surface area contributed by atoms with Gasteiger partial charge in [0.2, 0.25) is 12.5 Å². The fourth-order valence-electron chi connectivity index (χ4n) is 4.55. The van der Waals surface area contributed by atoms with E-state index in [1.165, 1.54) is 45.1 Å². The maximum atomic E-state index is 13.0. The maximum absolute atomic E-state index is 13.0. The number of hydrogen-bond donors (Lipinski definition) is 4. The molecule has 0 radical (unpaired) electrons. The molecule has 5 N–H and O–H groups in total. The summed E-state index contributed by atoms with van der Waals surface area (Å²) in [4.78, 5) is 65.5. The number of pyridine rings is 1. The second-order valence-electron chi connectivity index (χ2n) is 9.92. The molecule has 0 aliphatic carbocycles. The molecular formula is C28H30Cl2N5O7S3+. The van der Waals surface area contributed by atoms with E-state index in [4.69, 9.17) is 34.0 Å². The Hall–Kier alpha value is -2.95. The Balaban J connectivity index is 1.33. The first-order valence-electron chi connectivity index (χ1n) is 13.6. The maximum Gasteiger partial charge on any atom is 0.352 e. The van der Waals surface area contributed by atoms with Gasteiger partial charge < -0.3 is 26.2 Å². The first-order chi connectivity index (χ1) is 21.5. The molecule has 4 rings (SSSR count). The molecule has 0 saturated carbocycles. The number of aliphatic carboxylic acids is 2. The number of aromatic nitrogens is 1. The van der Waals surface area contributed by atoms with Crippen molar-refractivity contribution in [2.75, 3.05) is 36.9 Å². The van der Waals surface area contributed by atoms with Gasteiger partial charge in [-0.3, -0.25) is 24.1 Å². The van der Waals surface area contributed by atoms with Crippen molar-refractivity contribution in [1.82, 2.24) is 15.1 Å². The van der Waals surface area contributed by atoms with E-state index in [1.807, 2.05) is 0 Å². The summed E-state index contributed by atoms with van der Waals surface area (Å²) in [6, 6.07) is 7.63. The van der Waals surface area contributed by atoms with E-state index in [0.717, 1.165) is 4.90 Å². The fourth-order valence-corrected chi connectivity index (χ4v) is 8.22. The molecule has 0 unspecified atom stereocenters. The summed E-state index contributed by atoms with van der Waals surface area (Å²) in [5, 5.41) is 22.2. The van der Waals surface area contributed by atoms with E-state index >= 15 is 0 Å². The standard InChI is InChI=1S/C28H29Cl2N5O7S3/c29-17-2-3-19(30)20(10-17)44-15-21(36)32-24-26(40)35-25(28(41)42)16(14-45-27(24)35)13-43-18-4-8-33(9-5-18)11-22(37)34(7-1-6-31)12-23(38)39/h2-5,8-10,24,27H,1,6-7,11-15,31H2,(H2-,32,36,38,39,41,42)/p+1/t24-,27+/m0/s1.